The van der Waals surface area contributed by atoms with Crippen molar-refractivity contribution < 1.29 is 4.79 Å². The summed E-state index contributed by atoms with van der Waals surface area (Å²) >= 11 is 6.06. The molecule has 28 heavy (non-hydrogen) atoms. The zero-order valence-corrected chi connectivity index (χ0v) is 16.1. The summed E-state index contributed by atoms with van der Waals surface area (Å²) < 4.78 is 0. The summed E-state index contributed by atoms with van der Waals surface area (Å²) in [4.78, 5) is 19.0. The van der Waals surface area contributed by atoms with E-state index in [4.69, 9.17) is 11.6 Å². The number of nitrogens with one attached hydrogen (secondary N) is 2. The monoisotopic (exact) mass is 392 g/mol. The fourth-order valence-corrected chi connectivity index (χ4v) is 3.49. The minimum atomic E-state index is -0.281. The van der Waals surface area contributed by atoms with Gasteiger partial charge in [-0.05, 0) is 61.4 Å². The molecular formula is C22H21ClN4O. The van der Waals surface area contributed by atoms with E-state index in [9.17, 15) is 4.79 Å². The molecule has 1 aliphatic heterocycles. The summed E-state index contributed by atoms with van der Waals surface area (Å²) in [6.07, 6.45) is 4.23. The number of benzene rings is 2. The van der Waals surface area contributed by atoms with Crippen molar-refractivity contribution in [3.8, 4) is 0 Å². The summed E-state index contributed by atoms with van der Waals surface area (Å²) in [7, 11) is 0. The molecule has 0 bridgehead atoms. The Bertz CT molecular complexity index is 951. The number of pyridine rings is 1. The van der Waals surface area contributed by atoms with Gasteiger partial charge in [-0.2, -0.15) is 0 Å². The van der Waals surface area contributed by atoms with Crippen molar-refractivity contribution in [1.29, 1.82) is 0 Å². The maximum atomic E-state index is 12.3. The van der Waals surface area contributed by atoms with Gasteiger partial charge in [-0.25, -0.2) is 4.98 Å². The lowest BCUT2D eigenvalue weighted by molar-refractivity contribution is 0.102. The van der Waals surface area contributed by atoms with E-state index in [1.165, 1.54) is 18.5 Å². The second kappa shape index (κ2) is 8.31. The van der Waals surface area contributed by atoms with Gasteiger partial charge in [0.1, 0.15) is 5.82 Å². The number of aromatic nitrogens is 1. The average molecular weight is 393 g/mol. The van der Waals surface area contributed by atoms with Crippen molar-refractivity contribution in [2.45, 2.75) is 12.8 Å². The van der Waals surface area contributed by atoms with Crippen LogP contribution in [0, 0.1) is 0 Å². The van der Waals surface area contributed by atoms with Gasteiger partial charge in [0.25, 0.3) is 5.91 Å². The standard InChI is InChI=1S/C22H21ClN4O/c23-20-6-2-1-5-19(20)22(28)26-21-12-9-17(15-24-21)25-16-7-10-18(11-8-16)27-13-3-4-14-27/h1-2,5-12,15,25H,3-4,13-14H2,(H,24,26,28). The second-order valence-electron chi connectivity index (χ2n) is 6.73. The third-order valence-corrected chi connectivity index (χ3v) is 5.08. The minimum absolute atomic E-state index is 0.281. The van der Waals surface area contributed by atoms with Crippen LogP contribution in [0.2, 0.25) is 5.02 Å². The number of hydrogen-bond donors (Lipinski definition) is 2. The predicted octanol–water partition coefficient (Wildman–Crippen LogP) is 5.33. The fraction of sp³-hybridized carbons (Fsp3) is 0.182. The molecule has 0 aliphatic carbocycles. The van der Waals surface area contributed by atoms with E-state index in [0.29, 0.717) is 16.4 Å². The molecule has 0 saturated carbocycles. The molecule has 1 fully saturated rings. The highest BCUT2D eigenvalue weighted by Crippen LogP contribution is 2.24. The Labute approximate surface area is 169 Å². The number of carbonyl (C=O) groups is 1. The maximum absolute atomic E-state index is 12.3. The van der Waals surface area contributed by atoms with Gasteiger partial charge in [0.05, 0.1) is 22.5 Å². The molecule has 2 aromatic carbocycles. The Morgan fingerprint density at radius 1 is 0.929 bits per heavy atom. The molecule has 2 N–H and O–H groups in total. The van der Waals surface area contributed by atoms with E-state index in [2.05, 4.69) is 44.8 Å². The van der Waals surface area contributed by atoms with Gasteiger partial charge in [-0.3, -0.25) is 4.79 Å². The molecule has 0 atom stereocenters. The molecule has 4 rings (SSSR count). The Kier molecular flexibility index (Phi) is 5.44. The molecule has 1 amide bonds. The van der Waals surface area contributed by atoms with Crippen molar-refractivity contribution in [1.82, 2.24) is 4.98 Å². The van der Waals surface area contributed by atoms with Gasteiger partial charge in [-0.1, -0.05) is 23.7 Å². The number of anilines is 4. The topological polar surface area (TPSA) is 57.3 Å². The van der Waals surface area contributed by atoms with Crippen LogP contribution in [0.4, 0.5) is 22.9 Å². The highest BCUT2D eigenvalue weighted by molar-refractivity contribution is 6.34. The molecule has 3 aromatic rings. The van der Waals surface area contributed by atoms with Crippen LogP contribution >= 0.6 is 11.6 Å². The molecule has 1 saturated heterocycles. The van der Waals surface area contributed by atoms with E-state index >= 15 is 0 Å². The molecular weight excluding hydrogens is 372 g/mol. The lowest BCUT2D eigenvalue weighted by atomic mass is 10.2. The van der Waals surface area contributed by atoms with Crippen molar-refractivity contribution in [2.24, 2.45) is 0 Å². The van der Waals surface area contributed by atoms with Crippen LogP contribution in [0.1, 0.15) is 23.2 Å². The number of hydrogen-bond acceptors (Lipinski definition) is 4. The molecule has 142 valence electrons. The second-order valence-corrected chi connectivity index (χ2v) is 7.14. The summed E-state index contributed by atoms with van der Waals surface area (Å²) in [5.41, 5.74) is 3.53. The van der Waals surface area contributed by atoms with Crippen LogP contribution in [0.3, 0.4) is 0 Å². The first kappa shape index (κ1) is 18.3. The van der Waals surface area contributed by atoms with E-state index in [1.54, 1.807) is 36.5 Å². The van der Waals surface area contributed by atoms with Gasteiger partial charge in [0.15, 0.2) is 0 Å². The van der Waals surface area contributed by atoms with Crippen LogP contribution in [0.25, 0.3) is 0 Å². The first-order valence-electron chi connectivity index (χ1n) is 9.33. The van der Waals surface area contributed by atoms with Crippen LogP contribution in [-0.2, 0) is 0 Å². The quantitative estimate of drug-likeness (QED) is 0.616. The van der Waals surface area contributed by atoms with Crippen molar-refractivity contribution >= 4 is 40.4 Å². The van der Waals surface area contributed by atoms with Crippen molar-refractivity contribution in [3.05, 3.63) is 77.4 Å². The number of amides is 1. The Balaban J connectivity index is 1.38. The number of rotatable bonds is 5. The smallest absolute Gasteiger partial charge is 0.258 e. The minimum Gasteiger partial charge on any atom is -0.372 e. The van der Waals surface area contributed by atoms with Crippen molar-refractivity contribution in [2.75, 3.05) is 28.6 Å². The molecule has 1 aliphatic rings. The lowest BCUT2D eigenvalue weighted by Gasteiger charge is -2.18. The molecule has 6 heteroatoms. The Morgan fingerprint density at radius 3 is 2.32 bits per heavy atom. The summed E-state index contributed by atoms with van der Waals surface area (Å²) in [5.74, 6) is 0.191. The third kappa shape index (κ3) is 4.26. The van der Waals surface area contributed by atoms with E-state index in [0.717, 1.165) is 24.5 Å². The van der Waals surface area contributed by atoms with Gasteiger partial charge >= 0.3 is 0 Å². The first-order chi connectivity index (χ1) is 13.7. The molecule has 5 nitrogen and oxygen atoms in total. The summed E-state index contributed by atoms with van der Waals surface area (Å²) in [6.45, 7) is 2.27. The van der Waals surface area contributed by atoms with Gasteiger partial charge < -0.3 is 15.5 Å². The third-order valence-electron chi connectivity index (χ3n) is 4.75. The molecule has 0 spiro atoms. The fourth-order valence-electron chi connectivity index (χ4n) is 3.27. The molecule has 1 aromatic heterocycles. The van der Waals surface area contributed by atoms with Crippen LogP contribution in [-0.4, -0.2) is 24.0 Å². The Morgan fingerprint density at radius 2 is 1.64 bits per heavy atom. The van der Waals surface area contributed by atoms with Gasteiger partial charge in [-0.15, -0.1) is 0 Å². The highest BCUT2D eigenvalue weighted by atomic mass is 35.5. The normalized spacial score (nSPS) is 13.4. The van der Waals surface area contributed by atoms with Crippen LogP contribution < -0.4 is 15.5 Å². The number of halogens is 1. The maximum Gasteiger partial charge on any atom is 0.258 e. The zero-order valence-electron chi connectivity index (χ0n) is 15.4. The lowest BCUT2D eigenvalue weighted by Crippen LogP contribution is -2.17. The van der Waals surface area contributed by atoms with Gasteiger partial charge in [0.2, 0.25) is 0 Å². The number of nitrogens with zero attached hydrogens (tertiary/aromatic N) is 2. The van der Waals surface area contributed by atoms with E-state index in [1.807, 2.05) is 6.07 Å². The molecule has 0 radical (unpaired) electrons. The predicted molar refractivity (Wildman–Crippen MR) is 115 cm³/mol. The van der Waals surface area contributed by atoms with E-state index < -0.39 is 0 Å². The van der Waals surface area contributed by atoms with Crippen molar-refractivity contribution in [3.63, 3.8) is 0 Å². The summed E-state index contributed by atoms with van der Waals surface area (Å²) in [6, 6.07) is 19.0. The molecule has 0 unspecified atom stereocenters. The summed E-state index contributed by atoms with van der Waals surface area (Å²) in [5, 5.41) is 6.50. The SMILES string of the molecule is O=C(Nc1ccc(Nc2ccc(N3CCCC3)cc2)cn1)c1ccccc1Cl. The Hall–Kier alpha value is -3.05. The highest BCUT2D eigenvalue weighted by Gasteiger charge is 2.12. The van der Waals surface area contributed by atoms with Gasteiger partial charge in [0, 0.05) is 24.5 Å². The average Bonchev–Trinajstić information content (AvgIpc) is 3.25. The van der Waals surface area contributed by atoms with E-state index in [-0.39, 0.29) is 5.91 Å². The number of carbonyl (C=O) groups excluding carboxylic acids is 1. The molecule has 2 heterocycles. The first-order valence-corrected chi connectivity index (χ1v) is 9.71. The van der Waals surface area contributed by atoms with Crippen LogP contribution in [0.5, 0.6) is 0 Å². The van der Waals surface area contributed by atoms with Crippen LogP contribution in [0.15, 0.2) is 66.9 Å². The zero-order chi connectivity index (χ0) is 19.3. The largest absolute Gasteiger partial charge is 0.372 e.